The highest BCUT2D eigenvalue weighted by atomic mass is 32.2. The van der Waals surface area contributed by atoms with Gasteiger partial charge in [0.1, 0.15) is 5.76 Å². The van der Waals surface area contributed by atoms with Crippen molar-refractivity contribution in [2.24, 2.45) is 0 Å². The second-order valence-corrected chi connectivity index (χ2v) is 9.66. The van der Waals surface area contributed by atoms with Gasteiger partial charge >= 0.3 is 0 Å². The average molecular weight is 476 g/mol. The van der Waals surface area contributed by atoms with E-state index in [4.69, 9.17) is 4.42 Å². The topological polar surface area (TPSA) is 69.1 Å². The van der Waals surface area contributed by atoms with Crippen molar-refractivity contribution in [1.29, 1.82) is 0 Å². The van der Waals surface area contributed by atoms with E-state index in [-0.39, 0.29) is 5.78 Å². The molecule has 1 aliphatic heterocycles. The lowest BCUT2D eigenvalue weighted by Crippen LogP contribution is -2.21. The molecule has 0 saturated carbocycles. The van der Waals surface area contributed by atoms with Gasteiger partial charge in [-0.15, -0.1) is 10.2 Å². The van der Waals surface area contributed by atoms with Gasteiger partial charge in [-0.2, -0.15) is 0 Å². The molecule has 0 N–H and O–H groups in total. The van der Waals surface area contributed by atoms with E-state index in [9.17, 15) is 4.79 Å². The van der Waals surface area contributed by atoms with Crippen molar-refractivity contribution in [3.05, 3.63) is 83.3 Å². The first-order chi connectivity index (χ1) is 16.6. The number of aromatic nitrogens is 4. The van der Waals surface area contributed by atoms with Crippen LogP contribution in [0.15, 0.2) is 64.4 Å². The minimum atomic E-state index is 0.0903. The fraction of sp³-hybridized carbons (Fsp3) is 0.346. The molecule has 3 aromatic heterocycles. The van der Waals surface area contributed by atoms with E-state index in [1.807, 2.05) is 50.2 Å². The van der Waals surface area contributed by atoms with Crippen molar-refractivity contribution in [1.82, 2.24) is 24.2 Å². The average Bonchev–Trinajstić information content (AvgIpc) is 3.65. The summed E-state index contributed by atoms with van der Waals surface area (Å²) in [6.45, 7) is 7.59. The number of hydrogen-bond acceptors (Lipinski definition) is 6. The third-order valence-corrected chi connectivity index (χ3v) is 7.31. The van der Waals surface area contributed by atoms with Gasteiger partial charge in [0.15, 0.2) is 16.8 Å². The van der Waals surface area contributed by atoms with Crippen LogP contribution in [0.5, 0.6) is 0 Å². The fourth-order valence-electron chi connectivity index (χ4n) is 4.57. The number of carbonyl (C=O) groups excluding carboxylic acids is 1. The number of Topliss-reactive ketones (excluding diaryl/α,β-unsaturated/α-hetero) is 1. The SMILES string of the molecule is Cc1cc(C(=O)CSc2nnc(CN3CCCC3)n2-c2ccccc2)c(C)n1Cc1ccco1. The third kappa shape index (κ3) is 4.74. The van der Waals surface area contributed by atoms with Crippen LogP contribution >= 0.6 is 11.8 Å². The first-order valence-corrected chi connectivity index (χ1v) is 12.7. The van der Waals surface area contributed by atoms with Gasteiger partial charge < -0.3 is 8.98 Å². The maximum absolute atomic E-state index is 13.2. The van der Waals surface area contributed by atoms with Crippen LogP contribution in [0.3, 0.4) is 0 Å². The number of aryl methyl sites for hydroxylation is 1. The lowest BCUT2D eigenvalue weighted by molar-refractivity contribution is 0.102. The van der Waals surface area contributed by atoms with Gasteiger partial charge in [-0.25, -0.2) is 0 Å². The Balaban J connectivity index is 1.35. The molecule has 4 aromatic rings. The number of para-hydroxylation sites is 1. The van der Waals surface area contributed by atoms with Crippen LogP contribution in [0.1, 0.15) is 46.2 Å². The quantitative estimate of drug-likeness (QED) is 0.253. The zero-order valence-corrected chi connectivity index (χ0v) is 20.4. The molecule has 0 aliphatic carbocycles. The van der Waals surface area contributed by atoms with Crippen molar-refractivity contribution >= 4 is 17.5 Å². The maximum Gasteiger partial charge on any atom is 0.196 e. The summed E-state index contributed by atoms with van der Waals surface area (Å²) >= 11 is 1.45. The number of rotatable bonds is 9. The molecular formula is C26H29N5O2S. The Bertz CT molecular complexity index is 1250. The Morgan fingerprint density at radius 3 is 2.56 bits per heavy atom. The number of thioether (sulfide) groups is 1. The molecule has 0 atom stereocenters. The molecule has 0 bridgehead atoms. The van der Waals surface area contributed by atoms with E-state index in [1.54, 1.807) is 6.26 Å². The van der Waals surface area contributed by atoms with Crippen LogP contribution in [-0.4, -0.2) is 48.9 Å². The van der Waals surface area contributed by atoms with Gasteiger partial charge in [0, 0.05) is 22.6 Å². The highest BCUT2D eigenvalue weighted by molar-refractivity contribution is 7.99. The van der Waals surface area contributed by atoms with Crippen molar-refractivity contribution in [2.75, 3.05) is 18.8 Å². The minimum Gasteiger partial charge on any atom is -0.467 e. The van der Waals surface area contributed by atoms with Crippen molar-refractivity contribution < 1.29 is 9.21 Å². The maximum atomic E-state index is 13.2. The molecule has 8 heteroatoms. The molecule has 0 spiro atoms. The highest BCUT2D eigenvalue weighted by Crippen LogP contribution is 2.26. The molecule has 34 heavy (non-hydrogen) atoms. The third-order valence-electron chi connectivity index (χ3n) is 6.38. The summed E-state index contributed by atoms with van der Waals surface area (Å²) in [6, 6.07) is 16.0. The molecule has 0 amide bonds. The van der Waals surface area contributed by atoms with Gasteiger partial charge in [0.05, 0.1) is 25.1 Å². The molecule has 0 unspecified atom stereocenters. The van der Waals surface area contributed by atoms with E-state index >= 15 is 0 Å². The van der Waals surface area contributed by atoms with E-state index in [0.717, 1.165) is 59.0 Å². The van der Waals surface area contributed by atoms with Gasteiger partial charge in [0.25, 0.3) is 0 Å². The number of likely N-dealkylation sites (tertiary alicyclic amines) is 1. The van der Waals surface area contributed by atoms with Crippen LogP contribution in [0.4, 0.5) is 0 Å². The summed E-state index contributed by atoms with van der Waals surface area (Å²) in [5, 5.41) is 9.73. The molecule has 1 saturated heterocycles. The van der Waals surface area contributed by atoms with Gasteiger partial charge in [-0.05, 0) is 70.1 Å². The van der Waals surface area contributed by atoms with Crippen molar-refractivity contribution in [3.8, 4) is 5.69 Å². The first-order valence-electron chi connectivity index (χ1n) is 11.7. The van der Waals surface area contributed by atoms with E-state index in [1.165, 1.54) is 24.6 Å². The molecule has 1 aliphatic rings. The van der Waals surface area contributed by atoms with E-state index in [0.29, 0.717) is 12.3 Å². The van der Waals surface area contributed by atoms with E-state index in [2.05, 4.69) is 36.4 Å². The summed E-state index contributed by atoms with van der Waals surface area (Å²) in [7, 11) is 0. The minimum absolute atomic E-state index is 0.0903. The predicted octanol–water partition coefficient (Wildman–Crippen LogP) is 4.90. The fourth-order valence-corrected chi connectivity index (χ4v) is 5.42. The number of benzene rings is 1. The van der Waals surface area contributed by atoms with Crippen LogP contribution in [0, 0.1) is 13.8 Å². The summed E-state index contributed by atoms with van der Waals surface area (Å²) in [5.41, 5.74) is 3.77. The number of ketones is 1. The lowest BCUT2D eigenvalue weighted by atomic mass is 10.2. The summed E-state index contributed by atoms with van der Waals surface area (Å²) in [5.74, 6) is 2.18. The molecular weight excluding hydrogens is 446 g/mol. The van der Waals surface area contributed by atoms with Crippen LogP contribution in [0.25, 0.3) is 5.69 Å². The monoisotopic (exact) mass is 475 g/mol. The second-order valence-electron chi connectivity index (χ2n) is 8.72. The molecule has 7 nitrogen and oxygen atoms in total. The number of nitrogens with zero attached hydrogens (tertiary/aromatic N) is 5. The smallest absolute Gasteiger partial charge is 0.196 e. The molecule has 5 rings (SSSR count). The van der Waals surface area contributed by atoms with Gasteiger partial charge in [-0.3, -0.25) is 14.3 Å². The molecule has 4 heterocycles. The zero-order valence-electron chi connectivity index (χ0n) is 19.6. The van der Waals surface area contributed by atoms with Gasteiger partial charge in [-0.1, -0.05) is 30.0 Å². The molecule has 176 valence electrons. The Morgan fingerprint density at radius 1 is 1.03 bits per heavy atom. The Morgan fingerprint density at radius 2 is 1.82 bits per heavy atom. The lowest BCUT2D eigenvalue weighted by Gasteiger charge is -2.15. The normalized spacial score (nSPS) is 14.2. The molecule has 1 fully saturated rings. The second kappa shape index (κ2) is 10.0. The Kier molecular flexibility index (Phi) is 6.69. The van der Waals surface area contributed by atoms with Crippen molar-refractivity contribution in [2.45, 2.75) is 44.9 Å². The summed E-state index contributed by atoms with van der Waals surface area (Å²) in [4.78, 5) is 15.6. The Hall–Kier alpha value is -3.10. The number of carbonyl (C=O) groups is 1. The van der Waals surface area contributed by atoms with Crippen LogP contribution in [0.2, 0.25) is 0 Å². The van der Waals surface area contributed by atoms with E-state index < -0.39 is 0 Å². The standard InChI is InChI=1S/C26H29N5O2S/c1-19-15-23(20(2)30(19)16-22-11-8-14-33-22)24(32)18-34-26-28-27-25(17-29-12-6-7-13-29)31(26)21-9-4-3-5-10-21/h3-5,8-11,14-15H,6-7,12-13,16-18H2,1-2H3. The van der Waals surface area contributed by atoms with Gasteiger partial charge in [0.2, 0.25) is 0 Å². The largest absolute Gasteiger partial charge is 0.467 e. The van der Waals surface area contributed by atoms with Crippen molar-refractivity contribution in [3.63, 3.8) is 0 Å². The Labute approximate surface area is 203 Å². The highest BCUT2D eigenvalue weighted by Gasteiger charge is 2.22. The summed E-state index contributed by atoms with van der Waals surface area (Å²) < 4.78 is 9.71. The molecule has 1 aromatic carbocycles. The molecule has 0 radical (unpaired) electrons. The first kappa shape index (κ1) is 22.7. The van der Waals surface area contributed by atoms with Crippen LogP contribution in [-0.2, 0) is 13.1 Å². The summed E-state index contributed by atoms with van der Waals surface area (Å²) in [6.07, 6.45) is 4.13. The zero-order chi connectivity index (χ0) is 23.5. The van der Waals surface area contributed by atoms with Crippen LogP contribution < -0.4 is 0 Å². The predicted molar refractivity (Wildman–Crippen MR) is 133 cm³/mol. The number of hydrogen-bond donors (Lipinski definition) is 0. The number of furan rings is 1.